The molecule has 47 heavy (non-hydrogen) atoms. The number of nitrogens with one attached hydrogen (secondary N) is 3. The summed E-state index contributed by atoms with van der Waals surface area (Å²) in [5.74, 6) is -1.23. The summed E-state index contributed by atoms with van der Waals surface area (Å²) in [7, 11) is 6.33. The van der Waals surface area contributed by atoms with Gasteiger partial charge in [0, 0.05) is 56.6 Å². The lowest BCUT2D eigenvalue weighted by molar-refractivity contribution is -0.136. The molecule has 1 saturated heterocycles. The van der Waals surface area contributed by atoms with E-state index in [1.165, 1.54) is 10.6 Å². The number of pyridine rings is 1. The monoisotopic (exact) mass is 642 g/mol. The molecule has 0 bridgehead atoms. The molecule has 3 aromatic rings. The molecule has 3 N–H and O–H groups in total. The molecule has 6 amide bonds. The maximum atomic E-state index is 13.3. The van der Waals surface area contributed by atoms with E-state index in [1.54, 1.807) is 51.5 Å². The van der Waals surface area contributed by atoms with E-state index in [1.807, 2.05) is 12.1 Å². The number of benzene rings is 2. The summed E-state index contributed by atoms with van der Waals surface area (Å²) < 4.78 is 13.1. The van der Waals surface area contributed by atoms with Gasteiger partial charge in [0.25, 0.3) is 17.4 Å². The van der Waals surface area contributed by atoms with Gasteiger partial charge in [0.1, 0.15) is 17.5 Å². The number of hydrogen-bond acceptors (Lipinski definition) is 9. The van der Waals surface area contributed by atoms with Crippen LogP contribution in [0.25, 0.3) is 11.1 Å². The fraction of sp³-hybridized carbons (Fsp3) is 0.333. The molecule has 0 radical (unpaired) electrons. The van der Waals surface area contributed by atoms with Crippen LogP contribution in [0.5, 0.6) is 11.5 Å². The topological polar surface area (TPSA) is 168 Å². The molecule has 14 nitrogen and oxygen atoms in total. The number of urea groups is 1. The van der Waals surface area contributed by atoms with Gasteiger partial charge in [-0.3, -0.25) is 34.2 Å². The lowest BCUT2D eigenvalue weighted by Gasteiger charge is -2.30. The van der Waals surface area contributed by atoms with Crippen LogP contribution in [0.1, 0.15) is 50.2 Å². The third-order valence-corrected chi connectivity index (χ3v) is 8.90. The second-order valence-electron chi connectivity index (χ2n) is 11.6. The molecule has 6 rings (SSSR count). The van der Waals surface area contributed by atoms with E-state index in [-0.39, 0.29) is 48.6 Å². The highest BCUT2D eigenvalue weighted by molar-refractivity contribution is 6.23. The number of imide groups is 2. The molecule has 0 aliphatic carbocycles. The van der Waals surface area contributed by atoms with Crippen molar-refractivity contribution in [3.05, 3.63) is 74.7 Å². The van der Waals surface area contributed by atoms with E-state index in [4.69, 9.17) is 9.47 Å². The lowest BCUT2D eigenvalue weighted by atomic mass is 9.91. The first-order chi connectivity index (χ1) is 22.6. The minimum absolute atomic E-state index is 0.0419. The van der Waals surface area contributed by atoms with Gasteiger partial charge in [-0.15, -0.1) is 0 Å². The minimum atomic E-state index is -1.05. The third-order valence-electron chi connectivity index (χ3n) is 8.90. The van der Waals surface area contributed by atoms with Gasteiger partial charge in [0.05, 0.1) is 37.5 Å². The van der Waals surface area contributed by atoms with E-state index in [2.05, 4.69) is 16.0 Å². The molecule has 4 heterocycles. The number of piperidine rings is 1. The van der Waals surface area contributed by atoms with E-state index < -0.39 is 29.7 Å². The molecule has 3 aliphatic heterocycles. The number of anilines is 1. The first-order valence-electron chi connectivity index (χ1n) is 15.1. The fourth-order valence-electron chi connectivity index (χ4n) is 6.47. The zero-order valence-electron chi connectivity index (χ0n) is 26.4. The van der Waals surface area contributed by atoms with Crippen molar-refractivity contribution < 1.29 is 33.4 Å². The maximum Gasteiger partial charge on any atom is 0.317 e. The molecule has 1 unspecified atom stereocenters. The number of ether oxygens (including phenoxy) is 2. The molecule has 0 saturated carbocycles. The average Bonchev–Trinajstić information content (AvgIpc) is 3.32. The summed E-state index contributed by atoms with van der Waals surface area (Å²) in [5.41, 5.74) is 4.46. The Kier molecular flexibility index (Phi) is 8.18. The highest BCUT2D eigenvalue weighted by Gasteiger charge is 2.44. The first-order valence-corrected chi connectivity index (χ1v) is 15.1. The third kappa shape index (κ3) is 5.45. The normalized spacial score (nSPS) is 17.2. The predicted molar refractivity (Wildman–Crippen MR) is 169 cm³/mol. The van der Waals surface area contributed by atoms with E-state index >= 15 is 0 Å². The van der Waals surface area contributed by atoms with Gasteiger partial charge in [-0.05, 0) is 54.3 Å². The molecule has 1 fully saturated rings. The highest BCUT2D eigenvalue weighted by Crippen LogP contribution is 2.38. The van der Waals surface area contributed by atoms with Crippen LogP contribution in [0.3, 0.4) is 0 Å². The number of hydrogen-bond donors (Lipinski definition) is 3. The van der Waals surface area contributed by atoms with Crippen molar-refractivity contribution in [2.45, 2.75) is 38.4 Å². The van der Waals surface area contributed by atoms with Gasteiger partial charge in [-0.25, -0.2) is 4.79 Å². The molecular weight excluding hydrogens is 608 g/mol. The lowest BCUT2D eigenvalue weighted by Crippen LogP contribution is -2.54. The second-order valence-corrected chi connectivity index (χ2v) is 11.6. The maximum absolute atomic E-state index is 13.3. The Hall–Kier alpha value is -5.66. The standard InChI is InChI=1S/C33H34N6O8/c1-34-33(45)38-10-9-19-23(15-37(2)30(42)24(19)16-38)17-11-26(46-3)22(27(12-17)47-4)14-35-18-5-6-20-21(13-18)32(44)39(31(20)43)25-7-8-28(40)36-29(25)41/h5-6,11-13,15,25,35H,7-10,14,16H2,1-4H3,(H,34,45)(H,36,40,41). The van der Waals surface area contributed by atoms with E-state index in [9.17, 15) is 28.8 Å². The van der Waals surface area contributed by atoms with Gasteiger partial charge in [-0.1, -0.05) is 0 Å². The van der Waals surface area contributed by atoms with Crippen molar-refractivity contribution >= 4 is 35.3 Å². The highest BCUT2D eigenvalue weighted by atomic mass is 16.5. The number of aryl methyl sites for hydroxylation is 1. The minimum Gasteiger partial charge on any atom is -0.496 e. The Morgan fingerprint density at radius 3 is 2.30 bits per heavy atom. The summed E-state index contributed by atoms with van der Waals surface area (Å²) >= 11 is 0. The van der Waals surface area contributed by atoms with Crippen molar-refractivity contribution in [1.29, 1.82) is 0 Å². The summed E-state index contributed by atoms with van der Waals surface area (Å²) in [4.78, 5) is 78.2. The number of aromatic nitrogens is 1. The smallest absolute Gasteiger partial charge is 0.317 e. The molecule has 0 spiro atoms. The number of amides is 6. The number of methoxy groups -OCH3 is 2. The Balaban J connectivity index is 1.27. The number of nitrogens with zero attached hydrogens (tertiary/aromatic N) is 3. The summed E-state index contributed by atoms with van der Waals surface area (Å²) in [5, 5.41) is 8.09. The number of carbonyl (C=O) groups is 5. The summed E-state index contributed by atoms with van der Waals surface area (Å²) in [6, 6.07) is 7.22. The average molecular weight is 643 g/mol. The van der Waals surface area contributed by atoms with Crippen LogP contribution in [-0.2, 0) is 36.1 Å². The van der Waals surface area contributed by atoms with Gasteiger partial charge in [0.2, 0.25) is 11.8 Å². The zero-order valence-corrected chi connectivity index (χ0v) is 26.4. The zero-order chi connectivity index (χ0) is 33.6. The van der Waals surface area contributed by atoms with Crippen LogP contribution in [0.4, 0.5) is 10.5 Å². The number of rotatable bonds is 7. The van der Waals surface area contributed by atoms with Crippen LogP contribution in [0.15, 0.2) is 41.3 Å². The van der Waals surface area contributed by atoms with Crippen molar-refractivity contribution in [3.8, 4) is 22.6 Å². The van der Waals surface area contributed by atoms with Crippen LogP contribution in [0, 0.1) is 0 Å². The van der Waals surface area contributed by atoms with Crippen LogP contribution >= 0.6 is 0 Å². The second kappa shape index (κ2) is 12.3. The molecule has 14 heteroatoms. The Labute approximate surface area is 269 Å². The quantitative estimate of drug-likeness (QED) is 0.326. The molecule has 244 valence electrons. The Morgan fingerprint density at radius 1 is 0.936 bits per heavy atom. The van der Waals surface area contributed by atoms with Crippen molar-refractivity contribution in [3.63, 3.8) is 0 Å². The van der Waals surface area contributed by atoms with Gasteiger partial charge in [0.15, 0.2) is 0 Å². The SMILES string of the molecule is CNC(=O)N1CCc2c(-c3cc(OC)c(CNc4ccc5c(c4)C(=O)N(C4CCC(=O)NC4=O)C5=O)c(OC)c3)cn(C)c(=O)c2C1. The van der Waals surface area contributed by atoms with Gasteiger partial charge < -0.3 is 29.6 Å². The van der Waals surface area contributed by atoms with Crippen molar-refractivity contribution in [2.75, 3.05) is 33.1 Å². The largest absolute Gasteiger partial charge is 0.496 e. The Morgan fingerprint density at radius 2 is 1.64 bits per heavy atom. The van der Waals surface area contributed by atoms with Crippen molar-refractivity contribution in [1.82, 2.24) is 25.0 Å². The van der Waals surface area contributed by atoms with Crippen LogP contribution in [-0.4, -0.2) is 77.9 Å². The summed E-state index contributed by atoms with van der Waals surface area (Å²) in [6.07, 6.45) is 2.40. The molecular formula is C33H34N6O8. The molecule has 3 aliphatic rings. The Bertz CT molecular complexity index is 1890. The number of fused-ring (bicyclic) bond motifs is 2. The van der Waals surface area contributed by atoms with Crippen LogP contribution in [0.2, 0.25) is 0 Å². The summed E-state index contributed by atoms with van der Waals surface area (Å²) in [6.45, 7) is 0.895. The molecule has 2 aromatic carbocycles. The van der Waals surface area contributed by atoms with Crippen LogP contribution < -0.4 is 31.0 Å². The molecule has 1 aromatic heterocycles. The predicted octanol–water partition coefficient (Wildman–Crippen LogP) is 1.78. The first kappa shape index (κ1) is 31.3. The van der Waals surface area contributed by atoms with E-state index in [0.29, 0.717) is 41.3 Å². The molecule has 1 atom stereocenters. The van der Waals surface area contributed by atoms with E-state index in [0.717, 1.165) is 21.6 Å². The number of carbonyl (C=O) groups excluding carboxylic acids is 5. The fourth-order valence-corrected chi connectivity index (χ4v) is 6.47. The van der Waals surface area contributed by atoms with Gasteiger partial charge >= 0.3 is 6.03 Å². The van der Waals surface area contributed by atoms with Crippen molar-refractivity contribution in [2.24, 2.45) is 7.05 Å². The van der Waals surface area contributed by atoms with Gasteiger partial charge in [-0.2, -0.15) is 0 Å².